The lowest BCUT2D eigenvalue weighted by atomic mass is 10.1. The second-order valence-electron chi connectivity index (χ2n) is 6.06. The predicted molar refractivity (Wildman–Crippen MR) is 107 cm³/mol. The molecule has 2 aromatic carbocycles. The lowest BCUT2D eigenvalue weighted by Gasteiger charge is -2.08. The number of pyridine rings is 1. The van der Waals surface area contributed by atoms with Crippen LogP contribution < -0.4 is 10.6 Å². The topological polar surface area (TPSA) is 54.0 Å². The molecule has 0 bridgehead atoms. The van der Waals surface area contributed by atoms with Gasteiger partial charge in [-0.25, -0.2) is 4.98 Å². The summed E-state index contributed by atoms with van der Waals surface area (Å²) >= 11 is 5.99. The molecule has 0 aliphatic rings. The van der Waals surface area contributed by atoms with Gasteiger partial charge in [-0.1, -0.05) is 35.9 Å². The molecular weight excluding hydrogens is 346 g/mol. The molecule has 5 heteroatoms. The van der Waals surface area contributed by atoms with Crippen molar-refractivity contribution in [3.8, 4) is 0 Å². The van der Waals surface area contributed by atoms with E-state index >= 15 is 0 Å². The number of carbonyl (C=O) groups is 1. The molecule has 26 heavy (non-hydrogen) atoms. The van der Waals surface area contributed by atoms with Gasteiger partial charge >= 0.3 is 0 Å². The van der Waals surface area contributed by atoms with E-state index in [-0.39, 0.29) is 5.91 Å². The number of nitrogens with one attached hydrogen (secondary N) is 2. The van der Waals surface area contributed by atoms with Gasteiger partial charge in [0.25, 0.3) is 5.91 Å². The van der Waals surface area contributed by atoms with Crippen LogP contribution in [0.15, 0.2) is 66.9 Å². The minimum absolute atomic E-state index is 0.221. The zero-order chi connectivity index (χ0) is 18.4. The standard InChI is InChI=1S/C21H20ClN3O/c1-15-4-2-7-18(12-15)25-21(26)20-9-8-19(14-24-20)23-11-10-16-5-3-6-17(22)13-16/h2-9,12-14,23H,10-11H2,1H3,(H,25,26). The van der Waals surface area contributed by atoms with E-state index in [2.05, 4.69) is 15.6 Å². The first-order chi connectivity index (χ1) is 12.6. The zero-order valence-electron chi connectivity index (χ0n) is 14.5. The van der Waals surface area contributed by atoms with E-state index in [0.29, 0.717) is 5.69 Å². The van der Waals surface area contributed by atoms with Gasteiger partial charge < -0.3 is 10.6 Å². The van der Waals surface area contributed by atoms with E-state index in [4.69, 9.17) is 11.6 Å². The molecule has 1 aromatic heterocycles. The largest absolute Gasteiger partial charge is 0.383 e. The van der Waals surface area contributed by atoms with E-state index in [1.54, 1.807) is 12.3 Å². The Morgan fingerprint density at radius 2 is 1.88 bits per heavy atom. The molecule has 4 nitrogen and oxygen atoms in total. The molecule has 3 aromatic rings. The molecule has 0 saturated heterocycles. The number of rotatable bonds is 6. The molecule has 1 amide bonds. The SMILES string of the molecule is Cc1cccc(NC(=O)c2ccc(NCCc3cccc(Cl)c3)cn2)c1. The fourth-order valence-corrected chi connectivity index (χ4v) is 2.81. The summed E-state index contributed by atoms with van der Waals surface area (Å²) in [6, 6.07) is 19.1. The first-order valence-corrected chi connectivity index (χ1v) is 8.80. The molecule has 2 N–H and O–H groups in total. The van der Waals surface area contributed by atoms with Crippen LogP contribution in [0, 0.1) is 6.92 Å². The normalized spacial score (nSPS) is 10.4. The number of amides is 1. The monoisotopic (exact) mass is 365 g/mol. The first kappa shape index (κ1) is 18.0. The van der Waals surface area contributed by atoms with E-state index in [1.807, 2.05) is 61.5 Å². The number of aryl methyl sites for hydroxylation is 1. The maximum absolute atomic E-state index is 12.3. The molecule has 0 spiro atoms. The van der Waals surface area contributed by atoms with Gasteiger partial charge in [0.15, 0.2) is 0 Å². The van der Waals surface area contributed by atoms with Crippen molar-refractivity contribution in [2.45, 2.75) is 13.3 Å². The molecular formula is C21H20ClN3O. The van der Waals surface area contributed by atoms with Crippen LogP contribution in [0.3, 0.4) is 0 Å². The highest BCUT2D eigenvalue weighted by Gasteiger charge is 2.07. The summed E-state index contributed by atoms with van der Waals surface area (Å²) in [4.78, 5) is 16.5. The van der Waals surface area contributed by atoms with Crippen LogP contribution >= 0.6 is 11.6 Å². The number of halogens is 1. The number of carbonyl (C=O) groups excluding carboxylic acids is 1. The summed E-state index contributed by atoms with van der Waals surface area (Å²) < 4.78 is 0. The Balaban J connectivity index is 1.53. The lowest BCUT2D eigenvalue weighted by molar-refractivity contribution is 0.102. The van der Waals surface area contributed by atoms with Crippen molar-refractivity contribution in [3.05, 3.63) is 88.7 Å². The highest BCUT2D eigenvalue weighted by atomic mass is 35.5. The Morgan fingerprint density at radius 1 is 1.04 bits per heavy atom. The van der Waals surface area contributed by atoms with Gasteiger partial charge in [0.2, 0.25) is 0 Å². The lowest BCUT2D eigenvalue weighted by Crippen LogP contribution is -2.14. The summed E-state index contributed by atoms with van der Waals surface area (Å²) in [5, 5.41) is 6.90. The number of benzene rings is 2. The molecule has 0 aliphatic heterocycles. The Morgan fingerprint density at radius 3 is 2.62 bits per heavy atom. The van der Waals surface area contributed by atoms with Crippen molar-refractivity contribution in [2.75, 3.05) is 17.2 Å². The molecule has 0 unspecified atom stereocenters. The van der Waals surface area contributed by atoms with Crippen molar-refractivity contribution in [1.82, 2.24) is 4.98 Å². The number of nitrogens with zero attached hydrogens (tertiary/aromatic N) is 1. The summed E-state index contributed by atoms with van der Waals surface area (Å²) in [5.41, 5.74) is 4.29. The molecule has 3 rings (SSSR count). The maximum atomic E-state index is 12.3. The number of hydrogen-bond acceptors (Lipinski definition) is 3. The third-order valence-electron chi connectivity index (χ3n) is 3.90. The smallest absolute Gasteiger partial charge is 0.274 e. The average molecular weight is 366 g/mol. The van der Waals surface area contributed by atoms with E-state index in [0.717, 1.165) is 34.9 Å². The van der Waals surface area contributed by atoms with Crippen molar-refractivity contribution in [2.24, 2.45) is 0 Å². The van der Waals surface area contributed by atoms with E-state index in [9.17, 15) is 4.79 Å². The van der Waals surface area contributed by atoms with Crippen LogP contribution in [0.5, 0.6) is 0 Å². The Hall–Kier alpha value is -2.85. The van der Waals surface area contributed by atoms with Crippen LogP contribution in [0.4, 0.5) is 11.4 Å². The third kappa shape index (κ3) is 5.07. The molecule has 0 fully saturated rings. The second kappa shape index (κ2) is 8.50. The van der Waals surface area contributed by atoms with Crippen molar-refractivity contribution >= 4 is 28.9 Å². The van der Waals surface area contributed by atoms with Gasteiger partial charge in [-0.05, 0) is 60.9 Å². The van der Waals surface area contributed by atoms with Gasteiger partial charge in [-0.2, -0.15) is 0 Å². The molecule has 0 atom stereocenters. The molecule has 132 valence electrons. The van der Waals surface area contributed by atoms with Gasteiger partial charge in [-0.3, -0.25) is 4.79 Å². The van der Waals surface area contributed by atoms with Gasteiger partial charge in [0, 0.05) is 17.3 Å². The summed E-state index contributed by atoms with van der Waals surface area (Å²) in [6.07, 6.45) is 2.53. The van der Waals surface area contributed by atoms with Gasteiger partial charge in [0.05, 0.1) is 11.9 Å². The maximum Gasteiger partial charge on any atom is 0.274 e. The van der Waals surface area contributed by atoms with E-state index < -0.39 is 0 Å². The number of hydrogen-bond donors (Lipinski definition) is 2. The highest BCUT2D eigenvalue weighted by Crippen LogP contribution is 2.13. The molecule has 0 saturated carbocycles. The Kier molecular flexibility index (Phi) is 5.87. The summed E-state index contributed by atoms with van der Waals surface area (Å²) in [7, 11) is 0. The minimum Gasteiger partial charge on any atom is -0.383 e. The fraction of sp³-hybridized carbons (Fsp3) is 0.143. The van der Waals surface area contributed by atoms with Crippen LogP contribution in [0.25, 0.3) is 0 Å². The number of aromatic nitrogens is 1. The molecule has 0 aliphatic carbocycles. The average Bonchev–Trinajstić information content (AvgIpc) is 2.62. The Bertz CT molecular complexity index is 894. The summed E-state index contributed by atoms with van der Waals surface area (Å²) in [6.45, 7) is 2.74. The zero-order valence-corrected chi connectivity index (χ0v) is 15.3. The number of anilines is 2. The highest BCUT2D eigenvalue weighted by molar-refractivity contribution is 6.30. The van der Waals surface area contributed by atoms with Crippen LogP contribution in [0.2, 0.25) is 5.02 Å². The predicted octanol–water partition coefficient (Wildman–Crippen LogP) is 4.95. The first-order valence-electron chi connectivity index (χ1n) is 8.42. The van der Waals surface area contributed by atoms with Gasteiger partial charge in [0.1, 0.15) is 5.69 Å². The van der Waals surface area contributed by atoms with Crippen molar-refractivity contribution in [1.29, 1.82) is 0 Å². The fourth-order valence-electron chi connectivity index (χ4n) is 2.59. The molecule has 0 radical (unpaired) electrons. The Labute approximate surface area is 158 Å². The third-order valence-corrected chi connectivity index (χ3v) is 4.14. The minimum atomic E-state index is -0.221. The quantitative estimate of drug-likeness (QED) is 0.649. The summed E-state index contributed by atoms with van der Waals surface area (Å²) in [5.74, 6) is -0.221. The second-order valence-corrected chi connectivity index (χ2v) is 6.50. The van der Waals surface area contributed by atoms with Crippen LogP contribution in [0.1, 0.15) is 21.6 Å². The van der Waals surface area contributed by atoms with E-state index in [1.165, 1.54) is 5.56 Å². The van der Waals surface area contributed by atoms with Crippen molar-refractivity contribution in [3.63, 3.8) is 0 Å². The van der Waals surface area contributed by atoms with Crippen LogP contribution in [-0.2, 0) is 6.42 Å². The van der Waals surface area contributed by atoms with Crippen LogP contribution in [-0.4, -0.2) is 17.4 Å². The van der Waals surface area contributed by atoms with Gasteiger partial charge in [-0.15, -0.1) is 0 Å². The molecule has 1 heterocycles. The van der Waals surface area contributed by atoms with Crippen molar-refractivity contribution < 1.29 is 4.79 Å².